The van der Waals surface area contributed by atoms with E-state index in [1.54, 1.807) is 27.0 Å². The summed E-state index contributed by atoms with van der Waals surface area (Å²) in [6.45, 7) is 5.07. The molecule has 0 bridgehead atoms. The summed E-state index contributed by atoms with van der Waals surface area (Å²) in [7, 11) is 0. The van der Waals surface area contributed by atoms with Gasteiger partial charge in [0.15, 0.2) is 0 Å². The Hall–Kier alpha value is -3.36. The molecule has 1 aromatic carbocycles. The zero-order valence-corrected chi connectivity index (χ0v) is 16.4. The van der Waals surface area contributed by atoms with Gasteiger partial charge in [-0.15, -0.1) is 5.06 Å². The lowest BCUT2D eigenvalue weighted by Crippen LogP contribution is -2.47. The van der Waals surface area contributed by atoms with Crippen LogP contribution in [-0.2, 0) is 24.0 Å². The van der Waals surface area contributed by atoms with E-state index in [2.05, 4.69) is 10.6 Å². The predicted molar refractivity (Wildman–Crippen MR) is 101 cm³/mol. The highest BCUT2D eigenvalue weighted by atomic mass is 16.7. The molecule has 1 N–H and O–H groups in total. The molecule has 1 atom stereocenters. The SMILES string of the molecule is CC(C)(C)OC(=O)N[C@@H](CC1=C[N]c2ccccc21)C(=O)ON1C(=O)CCC1=O. The molecule has 9 heteroatoms. The van der Waals surface area contributed by atoms with Gasteiger partial charge < -0.3 is 14.9 Å². The molecular formula is C20H22N3O6. The number of fused-ring (bicyclic) bond motifs is 1. The van der Waals surface area contributed by atoms with Crippen LogP contribution in [0.5, 0.6) is 0 Å². The second-order valence-corrected chi connectivity index (χ2v) is 7.70. The Balaban J connectivity index is 1.76. The van der Waals surface area contributed by atoms with Crippen molar-refractivity contribution in [2.45, 2.75) is 51.7 Å². The summed E-state index contributed by atoms with van der Waals surface area (Å²) in [5.41, 5.74) is 1.51. The number of rotatable bonds is 5. The van der Waals surface area contributed by atoms with Crippen LogP contribution < -0.4 is 10.6 Å². The van der Waals surface area contributed by atoms with Crippen molar-refractivity contribution in [3.63, 3.8) is 0 Å². The maximum Gasteiger partial charge on any atom is 0.408 e. The van der Waals surface area contributed by atoms with Crippen LogP contribution in [0.2, 0.25) is 0 Å². The second-order valence-electron chi connectivity index (χ2n) is 7.70. The summed E-state index contributed by atoms with van der Waals surface area (Å²) in [6, 6.07) is 6.17. The number of carbonyl (C=O) groups is 4. The van der Waals surface area contributed by atoms with E-state index in [1.165, 1.54) is 0 Å². The molecule has 0 aliphatic carbocycles. The summed E-state index contributed by atoms with van der Waals surface area (Å²) >= 11 is 0. The molecule has 3 rings (SSSR count). The van der Waals surface area contributed by atoms with Crippen molar-refractivity contribution in [3.8, 4) is 0 Å². The molecule has 1 saturated heterocycles. The highest BCUT2D eigenvalue weighted by Crippen LogP contribution is 2.33. The summed E-state index contributed by atoms with van der Waals surface area (Å²) in [5.74, 6) is -2.13. The number of hydroxylamine groups is 2. The van der Waals surface area contributed by atoms with Crippen LogP contribution in [0.4, 0.5) is 10.5 Å². The average Bonchev–Trinajstić information content (AvgIpc) is 3.18. The van der Waals surface area contributed by atoms with E-state index in [4.69, 9.17) is 9.57 Å². The van der Waals surface area contributed by atoms with E-state index in [9.17, 15) is 19.2 Å². The molecule has 2 aliphatic rings. The maximum atomic E-state index is 12.7. The van der Waals surface area contributed by atoms with Gasteiger partial charge in [-0.2, -0.15) is 0 Å². The molecule has 0 unspecified atom stereocenters. The number of nitrogens with one attached hydrogen (secondary N) is 1. The predicted octanol–water partition coefficient (Wildman–Crippen LogP) is 2.17. The van der Waals surface area contributed by atoms with Crippen molar-refractivity contribution in [1.29, 1.82) is 0 Å². The van der Waals surface area contributed by atoms with Crippen molar-refractivity contribution < 1.29 is 28.8 Å². The van der Waals surface area contributed by atoms with Crippen LogP contribution in [0.3, 0.4) is 0 Å². The van der Waals surface area contributed by atoms with Crippen LogP contribution >= 0.6 is 0 Å². The van der Waals surface area contributed by atoms with E-state index < -0.39 is 35.5 Å². The van der Waals surface area contributed by atoms with Crippen molar-refractivity contribution in [2.24, 2.45) is 0 Å². The van der Waals surface area contributed by atoms with Gasteiger partial charge in [-0.3, -0.25) is 14.9 Å². The highest BCUT2D eigenvalue weighted by Gasteiger charge is 2.36. The minimum atomic E-state index is -1.18. The minimum absolute atomic E-state index is 0.0202. The molecule has 0 spiro atoms. The molecule has 1 fully saturated rings. The average molecular weight is 400 g/mol. The molecule has 0 aromatic heterocycles. The third kappa shape index (κ3) is 4.92. The van der Waals surface area contributed by atoms with E-state index in [-0.39, 0.29) is 19.3 Å². The van der Waals surface area contributed by atoms with E-state index in [1.807, 2.05) is 24.3 Å². The standard InChI is InChI=1S/C20H22N3O6/c1-20(2,3)28-19(27)22-15(18(26)29-23-16(24)8-9-17(23)25)10-12-11-21-14-7-5-4-6-13(12)14/h4-7,11,15H,8-10H2,1-3H3,(H,22,27)/t15-/m0/s1. The first-order chi connectivity index (χ1) is 13.6. The number of ether oxygens (including phenoxy) is 1. The highest BCUT2D eigenvalue weighted by molar-refractivity contribution is 6.02. The summed E-state index contributed by atoms with van der Waals surface area (Å²) in [6.07, 6.45) is 0.798. The van der Waals surface area contributed by atoms with Crippen LogP contribution in [0.15, 0.2) is 30.5 Å². The molecule has 2 aliphatic heterocycles. The Morgan fingerprint density at radius 3 is 2.48 bits per heavy atom. The van der Waals surface area contributed by atoms with Gasteiger partial charge in [0.2, 0.25) is 0 Å². The van der Waals surface area contributed by atoms with Crippen molar-refractivity contribution >= 4 is 35.1 Å². The first kappa shape index (κ1) is 20.4. The molecular weight excluding hydrogens is 378 g/mol. The van der Waals surface area contributed by atoms with Gasteiger partial charge in [0.25, 0.3) is 11.8 Å². The first-order valence-corrected chi connectivity index (χ1v) is 9.20. The van der Waals surface area contributed by atoms with Crippen LogP contribution in [0.25, 0.3) is 5.57 Å². The van der Waals surface area contributed by atoms with Crippen LogP contribution in [0.1, 0.15) is 45.6 Å². The fourth-order valence-electron chi connectivity index (χ4n) is 2.91. The quantitative estimate of drug-likeness (QED) is 0.757. The van der Waals surface area contributed by atoms with Gasteiger partial charge in [-0.1, -0.05) is 18.2 Å². The summed E-state index contributed by atoms with van der Waals surface area (Å²) < 4.78 is 5.22. The first-order valence-electron chi connectivity index (χ1n) is 9.20. The number of benzene rings is 1. The maximum absolute atomic E-state index is 12.7. The molecule has 1 radical (unpaired) electrons. The van der Waals surface area contributed by atoms with Crippen LogP contribution in [0, 0.1) is 0 Å². The molecule has 9 nitrogen and oxygen atoms in total. The van der Waals surface area contributed by atoms with Crippen molar-refractivity contribution in [3.05, 3.63) is 36.0 Å². The summed E-state index contributed by atoms with van der Waals surface area (Å²) in [4.78, 5) is 53.4. The van der Waals surface area contributed by atoms with Gasteiger partial charge in [0.1, 0.15) is 11.6 Å². The number of amides is 3. The number of imide groups is 1. The number of hydrogen-bond donors (Lipinski definition) is 1. The van der Waals surface area contributed by atoms with Crippen LogP contribution in [-0.4, -0.2) is 40.6 Å². The van der Waals surface area contributed by atoms with Crippen molar-refractivity contribution in [1.82, 2.24) is 15.7 Å². The molecule has 153 valence electrons. The Labute approximate surface area is 168 Å². The zero-order chi connectivity index (χ0) is 21.2. The van der Waals surface area contributed by atoms with E-state index in [0.29, 0.717) is 10.6 Å². The van der Waals surface area contributed by atoms with Gasteiger partial charge in [-0.25, -0.2) is 9.59 Å². The fraction of sp³-hybridized carbons (Fsp3) is 0.400. The third-order valence-corrected chi connectivity index (χ3v) is 4.20. The number of hydrogen-bond acceptors (Lipinski definition) is 6. The zero-order valence-electron chi connectivity index (χ0n) is 16.4. The topological polar surface area (TPSA) is 116 Å². The second kappa shape index (κ2) is 7.94. The Morgan fingerprint density at radius 2 is 1.83 bits per heavy atom. The summed E-state index contributed by atoms with van der Waals surface area (Å²) in [5, 5.41) is 7.20. The lowest BCUT2D eigenvalue weighted by molar-refractivity contribution is -0.198. The minimum Gasteiger partial charge on any atom is -0.444 e. The lowest BCUT2D eigenvalue weighted by Gasteiger charge is -2.24. The fourth-order valence-corrected chi connectivity index (χ4v) is 2.91. The van der Waals surface area contributed by atoms with Crippen molar-refractivity contribution in [2.75, 3.05) is 0 Å². The smallest absolute Gasteiger partial charge is 0.408 e. The Bertz CT molecular complexity index is 870. The van der Waals surface area contributed by atoms with Gasteiger partial charge in [0.05, 0.1) is 5.69 Å². The molecule has 0 saturated carbocycles. The van der Waals surface area contributed by atoms with E-state index >= 15 is 0 Å². The Kier molecular flexibility index (Phi) is 5.58. The molecule has 2 heterocycles. The molecule has 1 aromatic rings. The number of para-hydroxylation sites is 1. The number of alkyl carbamates (subject to hydrolysis) is 1. The number of carbonyl (C=O) groups excluding carboxylic acids is 4. The normalized spacial score (nSPS) is 16.7. The Morgan fingerprint density at radius 1 is 1.17 bits per heavy atom. The molecule has 29 heavy (non-hydrogen) atoms. The molecule has 3 amide bonds. The monoisotopic (exact) mass is 400 g/mol. The van der Waals surface area contributed by atoms with Gasteiger partial charge in [-0.05, 0) is 32.4 Å². The largest absolute Gasteiger partial charge is 0.444 e. The van der Waals surface area contributed by atoms with Gasteiger partial charge >= 0.3 is 12.1 Å². The van der Waals surface area contributed by atoms with Gasteiger partial charge in [0, 0.05) is 31.0 Å². The number of nitrogens with zero attached hydrogens (tertiary/aromatic N) is 2. The van der Waals surface area contributed by atoms with E-state index in [0.717, 1.165) is 11.3 Å². The third-order valence-electron chi connectivity index (χ3n) is 4.20. The lowest BCUT2D eigenvalue weighted by atomic mass is 10.0.